The number of alkyl halides is 3. The molecule has 1 aromatic rings. The number of nitrogens with zero attached hydrogens (tertiary/aromatic N) is 1. The van der Waals surface area contributed by atoms with Gasteiger partial charge < -0.3 is 5.32 Å². The molecule has 0 radical (unpaired) electrons. The third-order valence-electron chi connectivity index (χ3n) is 4.18. The number of likely N-dealkylation sites (tertiary alicyclic amines) is 1. The summed E-state index contributed by atoms with van der Waals surface area (Å²) in [5.74, 6) is 0.457. The number of benzene rings is 1. The normalized spacial score (nSPS) is 23.7. The van der Waals surface area contributed by atoms with Gasteiger partial charge in [0.1, 0.15) is 0 Å². The highest BCUT2D eigenvalue weighted by Crippen LogP contribution is 2.38. The third kappa shape index (κ3) is 3.77. The molecular formula is C16H23F3N2. The third-order valence-corrected chi connectivity index (χ3v) is 4.18. The van der Waals surface area contributed by atoms with E-state index in [0.717, 1.165) is 38.0 Å². The molecular weight excluding hydrogens is 277 g/mol. The van der Waals surface area contributed by atoms with Crippen molar-refractivity contribution in [3.63, 3.8) is 0 Å². The first kappa shape index (κ1) is 16.3. The summed E-state index contributed by atoms with van der Waals surface area (Å²) in [5.41, 5.74) is 0.422. The Morgan fingerprint density at radius 3 is 2.43 bits per heavy atom. The lowest BCUT2D eigenvalue weighted by atomic mass is 9.93. The van der Waals surface area contributed by atoms with Crippen LogP contribution in [-0.2, 0) is 6.18 Å². The van der Waals surface area contributed by atoms with Gasteiger partial charge in [-0.15, -0.1) is 0 Å². The Kier molecular flexibility index (Phi) is 5.27. The molecule has 1 N–H and O–H groups in total. The average molecular weight is 300 g/mol. The van der Waals surface area contributed by atoms with Crippen molar-refractivity contribution in [1.29, 1.82) is 0 Å². The van der Waals surface area contributed by atoms with E-state index in [2.05, 4.69) is 17.1 Å². The molecule has 5 heteroatoms. The van der Waals surface area contributed by atoms with Crippen LogP contribution in [0.1, 0.15) is 36.9 Å². The molecule has 1 aliphatic heterocycles. The first-order valence-corrected chi connectivity index (χ1v) is 7.53. The van der Waals surface area contributed by atoms with Crippen LogP contribution in [0.15, 0.2) is 24.3 Å². The van der Waals surface area contributed by atoms with Crippen molar-refractivity contribution in [3.8, 4) is 0 Å². The number of nitrogens with one attached hydrogen (secondary N) is 1. The van der Waals surface area contributed by atoms with Gasteiger partial charge in [-0.1, -0.05) is 19.1 Å². The van der Waals surface area contributed by atoms with E-state index in [9.17, 15) is 13.2 Å². The maximum Gasteiger partial charge on any atom is 0.416 e. The van der Waals surface area contributed by atoms with E-state index >= 15 is 0 Å². The molecule has 118 valence electrons. The second-order valence-electron chi connectivity index (χ2n) is 5.71. The van der Waals surface area contributed by atoms with Crippen LogP contribution in [0.25, 0.3) is 0 Å². The van der Waals surface area contributed by atoms with Crippen LogP contribution in [0, 0.1) is 5.92 Å². The summed E-state index contributed by atoms with van der Waals surface area (Å²) in [7, 11) is 1.92. The van der Waals surface area contributed by atoms with Crippen LogP contribution in [-0.4, -0.2) is 31.6 Å². The zero-order valence-electron chi connectivity index (χ0n) is 12.6. The Labute approximate surface area is 124 Å². The average Bonchev–Trinajstić information content (AvgIpc) is 2.82. The van der Waals surface area contributed by atoms with Crippen molar-refractivity contribution < 1.29 is 13.2 Å². The van der Waals surface area contributed by atoms with Gasteiger partial charge in [0.15, 0.2) is 0 Å². The predicted molar refractivity (Wildman–Crippen MR) is 78.1 cm³/mol. The van der Waals surface area contributed by atoms with Crippen LogP contribution >= 0.6 is 0 Å². The molecule has 1 fully saturated rings. The zero-order valence-corrected chi connectivity index (χ0v) is 12.6. The summed E-state index contributed by atoms with van der Waals surface area (Å²) < 4.78 is 38.0. The highest BCUT2D eigenvalue weighted by molar-refractivity contribution is 5.28. The molecule has 0 bridgehead atoms. The highest BCUT2D eigenvalue weighted by atomic mass is 19.4. The highest BCUT2D eigenvalue weighted by Gasteiger charge is 2.35. The Morgan fingerprint density at radius 1 is 1.24 bits per heavy atom. The fourth-order valence-corrected chi connectivity index (χ4v) is 3.29. The molecule has 1 aromatic carbocycles. The largest absolute Gasteiger partial charge is 0.416 e. The molecule has 21 heavy (non-hydrogen) atoms. The Bertz CT molecular complexity index is 428. The lowest BCUT2D eigenvalue weighted by molar-refractivity contribution is -0.137. The predicted octanol–water partition coefficient (Wildman–Crippen LogP) is 3.70. The maximum atomic E-state index is 12.7. The first-order chi connectivity index (χ1) is 9.97. The van der Waals surface area contributed by atoms with E-state index in [-0.39, 0.29) is 6.04 Å². The molecule has 1 saturated heterocycles. The monoisotopic (exact) mass is 300 g/mol. The van der Waals surface area contributed by atoms with Gasteiger partial charge in [-0.05, 0) is 63.1 Å². The molecule has 2 nitrogen and oxygen atoms in total. The van der Waals surface area contributed by atoms with Crippen molar-refractivity contribution in [1.82, 2.24) is 10.2 Å². The van der Waals surface area contributed by atoms with Crippen molar-refractivity contribution in [2.45, 2.75) is 32.0 Å². The Balaban J connectivity index is 2.22. The number of halogens is 3. The molecule has 2 atom stereocenters. The molecule has 1 heterocycles. The van der Waals surface area contributed by atoms with Crippen LogP contribution in [0.4, 0.5) is 13.2 Å². The van der Waals surface area contributed by atoms with Crippen molar-refractivity contribution in [2.75, 3.05) is 26.7 Å². The fourth-order valence-electron chi connectivity index (χ4n) is 3.29. The number of hydrogen-bond donors (Lipinski definition) is 1. The smallest absolute Gasteiger partial charge is 0.319 e. The minimum atomic E-state index is -4.26. The lowest BCUT2D eigenvalue weighted by Gasteiger charge is -2.28. The van der Waals surface area contributed by atoms with Crippen molar-refractivity contribution in [3.05, 3.63) is 35.4 Å². The van der Waals surface area contributed by atoms with Gasteiger partial charge in [0.25, 0.3) is 0 Å². The van der Waals surface area contributed by atoms with Gasteiger partial charge in [0.2, 0.25) is 0 Å². The molecule has 2 rings (SSSR count). The summed E-state index contributed by atoms with van der Waals surface area (Å²) in [6.45, 7) is 5.04. The molecule has 0 aromatic heterocycles. The molecule has 0 aliphatic carbocycles. The molecule has 1 aliphatic rings. The summed E-state index contributed by atoms with van der Waals surface area (Å²) in [4.78, 5) is 2.39. The minimum Gasteiger partial charge on any atom is -0.319 e. The van der Waals surface area contributed by atoms with E-state index < -0.39 is 11.7 Å². The van der Waals surface area contributed by atoms with E-state index in [1.807, 2.05) is 7.05 Å². The SMILES string of the molecule is CCCN1CCC(CNC)C1c1ccc(C(F)(F)F)cc1. The molecule has 0 saturated carbocycles. The van der Waals surface area contributed by atoms with Crippen LogP contribution in [0.2, 0.25) is 0 Å². The van der Waals surface area contributed by atoms with E-state index in [1.54, 1.807) is 12.1 Å². The van der Waals surface area contributed by atoms with Gasteiger partial charge in [0, 0.05) is 6.04 Å². The lowest BCUT2D eigenvalue weighted by Crippen LogP contribution is -2.29. The molecule has 2 unspecified atom stereocenters. The zero-order chi connectivity index (χ0) is 15.5. The summed E-state index contributed by atoms with van der Waals surface area (Å²) in [5, 5.41) is 3.20. The maximum absolute atomic E-state index is 12.7. The standard InChI is InChI=1S/C16H23F3N2/c1-3-9-21-10-8-13(11-20-2)15(21)12-4-6-14(7-5-12)16(17,18)19/h4-7,13,15,20H,3,8-11H2,1-2H3. The molecule has 0 spiro atoms. The Hall–Kier alpha value is -1.07. The number of rotatable bonds is 5. The first-order valence-electron chi connectivity index (χ1n) is 7.53. The van der Waals surface area contributed by atoms with Gasteiger partial charge in [-0.2, -0.15) is 13.2 Å². The second-order valence-corrected chi connectivity index (χ2v) is 5.71. The van der Waals surface area contributed by atoms with Crippen LogP contribution < -0.4 is 5.32 Å². The fraction of sp³-hybridized carbons (Fsp3) is 0.625. The summed E-state index contributed by atoms with van der Waals surface area (Å²) in [6.07, 6.45) is -2.11. The second kappa shape index (κ2) is 6.79. The van der Waals surface area contributed by atoms with Gasteiger partial charge in [-0.3, -0.25) is 4.90 Å². The minimum absolute atomic E-state index is 0.222. The van der Waals surface area contributed by atoms with Gasteiger partial charge in [-0.25, -0.2) is 0 Å². The van der Waals surface area contributed by atoms with Crippen molar-refractivity contribution >= 4 is 0 Å². The quantitative estimate of drug-likeness (QED) is 0.892. The Morgan fingerprint density at radius 2 is 1.90 bits per heavy atom. The van der Waals surface area contributed by atoms with Crippen LogP contribution in [0.3, 0.4) is 0 Å². The topological polar surface area (TPSA) is 15.3 Å². The van der Waals surface area contributed by atoms with Gasteiger partial charge >= 0.3 is 6.18 Å². The summed E-state index contributed by atoms with van der Waals surface area (Å²) >= 11 is 0. The van der Waals surface area contributed by atoms with E-state index in [4.69, 9.17) is 0 Å². The molecule has 0 amide bonds. The van der Waals surface area contributed by atoms with E-state index in [0.29, 0.717) is 5.92 Å². The van der Waals surface area contributed by atoms with Gasteiger partial charge in [0.05, 0.1) is 5.56 Å². The van der Waals surface area contributed by atoms with Crippen LogP contribution in [0.5, 0.6) is 0 Å². The van der Waals surface area contributed by atoms with Crippen molar-refractivity contribution in [2.24, 2.45) is 5.92 Å². The summed E-state index contributed by atoms with van der Waals surface area (Å²) in [6, 6.07) is 5.91. The number of hydrogen-bond acceptors (Lipinski definition) is 2. The van der Waals surface area contributed by atoms with E-state index in [1.165, 1.54) is 12.1 Å².